The standard InChI is InChI=1S/C18H20FN3O/c1-12(14-7-8-15(19)18(23)11-14)20-9-10-22-13(2)21-16-5-3-4-6-17(16)22/h3-8,11-12,20,23H,9-10H2,1-2H3. The molecule has 0 bridgehead atoms. The number of aromatic hydroxyl groups is 1. The van der Waals surface area contributed by atoms with Crippen LogP contribution in [0.15, 0.2) is 42.5 Å². The van der Waals surface area contributed by atoms with Crippen LogP contribution in [-0.4, -0.2) is 21.2 Å². The van der Waals surface area contributed by atoms with Crippen molar-refractivity contribution in [2.75, 3.05) is 6.54 Å². The number of hydrogen-bond donors (Lipinski definition) is 2. The Bertz CT molecular complexity index is 828. The summed E-state index contributed by atoms with van der Waals surface area (Å²) in [4.78, 5) is 4.55. The molecule has 3 aromatic rings. The number of imidazole rings is 1. The van der Waals surface area contributed by atoms with Gasteiger partial charge in [-0.25, -0.2) is 9.37 Å². The summed E-state index contributed by atoms with van der Waals surface area (Å²) in [5.74, 6) is 0.0779. The number of fused-ring (bicyclic) bond motifs is 1. The summed E-state index contributed by atoms with van der Waals surface area (Å²) < 4.78 is 15.3. The molecule has 4 nitrogen and oxygen atoms in total. The van der Waals surface area contributed by atoms with Crippen LogP contribution in [0.2, 0.25) is 0 Å². The van der Waals surface area contributed by atoms with Crippen molar-refractivity contribution in [2.24, 2.45) is 0 Å². The van der Waals surface area contributed by atoms with Gasteiger partial charge >= 0.3 is 0 Å². The molecule has 0 fully saturated rings. The van der Waals surface area contributed by atoms with Gasteiger partial charge in [-0.2, -0.15) is 0 Å². The van der Waals surface area contributed by atoms with Crippen molar-refractivity contribution < 1.29 is 9.50 Å². The van der Waals surface area contributed by atoms with E-state index in [2.05, 4.69) is 20.9 Å². The van der Waals surface area contributed by atoms with E-state index in [1.165, 1.54) is 12.1 Å². The van der Waals surface area contributed by atoms with Crippen LogP contribution in [0.3, 0.4) is 0 Å². The third-order valence-corrected chi connectivity index (χ3v) is 4.10. The molecule has 0 radical (unpaired) electrons. The first-order valence-electron chi connectivity index (χ1n) is 7.70. The molecule has 0 spiro atoms. The molecule has 1 aromatic heterocycles. The molecule has 1 heterocycles. The van der Waals surface area contributed by atoms with Gasteiger partial charge in [0.05, 0.1) is 11.0 Å². The lowest BCUT2D eigenvalue weighted by Crippen LogP contribution is -2.23. The van der Waals surface area contributed by atoms with Crippen molar-refractivity contribution in [3.8, 4) is 5.75 Å². The van der Waals surface area contributed by atoms with Crippen LogP contribution < -0.4 is 5.32 Å². The number of halogens is 1. The third kappa shape index (κ3) is 3.19. The van der Waals surface area contributed by atoms with E-state index in [1.807, 2.05) is 32.0 Å². The smallest absolute Gasteiger partial charge is 0.164 e. The number of phenolic OH excluding ortho intramolecular Hbond substituents is 1. The molecule has 0 saturated heterocycles. The molecule has 23 heavy (non-hydrogen) atoms. The second kappa shape index (κ2) is 6.38. The molecule has 0 aliphatic heterocycles. The highest BCUT2D eigenvalue weighted by atomic mass is 19.1. The summed E-state index contributed by atoms with van der Waals surface area (Å²) in [7, 11) is 0. The van der Waals surface area contributed by atoms with E-state index in [9.17, 15) is 9.50 Å². The van der Waals surface area contributed by atoms with Gasteiger partial charge < -0.3 is 15.0 Å². The lowest BCUT2D eigenvalue weighted by Gasteiger charge is -2.15. The lowest BCUT2D eigenvalue weighted by atomic mass is 10.1. The van der Waals surface area contributed by atoms with Gasteiger partial charge in [0.2, 0.25) is 0 Å². The second-order valence-electron chi connectivity index (χ2n) is 5.69. The molecule has 0 saturated carbocycles. The maximum absolute atomic E-state index is 13.1. The maximum Gasteiger partial charge on any atom is 0.164 e. The number of para-hydroxylation sites is 2. The number of benzene rings is 2. The van der Waals surface area contributed by atoms with Crippen molar-refractivity contribution in [3.05, 3.63) is 59.7 Å². The van der Waals surface area contributed by atoms with Gasteiger partial charge in [-0.05, 0) is 43.7 Å². The van der Waals surface area contributed by atoms with Crippen molar-refractivity contribution in [1.29, 1.82) is 0 Å². The van der Waals surface area contributed by atoms with Gasteiger partial charge in [-0.15, -0.1) is 0 Å². The molecule has 1 unspecified atom stereocenters. The zero-order valence-electron chi connectivity index (χ0n) is 13.3. The minimum atomic E-state index is -0.596. The van der Waals surface area contributed by atoms with Crippen LogP contribution in [0.5, 0.6) is 5.75 Å². The number of nitrogens with zero attached hydrogens (tertiary/aromatic N) is 2. The summed E-state index contributed by atoms with van der Waals surface area (Å²) in [5.41, 5.74) is 2.98. The molecule has 0 amide bonds. The Balaban J connectivity index is 1.66. The Hall–Kier alpha value is -2.40. The average Bonchev–Trinajstić information content (AvgIpc) is 2.86. The Kier molecular flexibility index (Phi) is 4.30. The van der Waals surface area contributed by atoms with Crippen molar-refractivity contribution >= 4 is 11.0 Å². The number of aryl methyl sites for hydroxylation is 1. The van der Waals surface area contributed by atoms with Gasteiger partial charge in [0.15, 0.2) is 11.6 Å². The van der Waals surface area contributed by atoms with Crippen LogP contribution in [0, 0.1) is 12.7 Å². The van der Waals surface area contributed by atoms with Gasteiger partial charge in [0.25, 0.3) is 0 Å². The Labute approximate surface area is 134 Å². The summed E-state index contributed by atoms with van der Waals surface area (Å²) in [6.45, 7) is 5.54. The molecule has 3 rings (SSSR count). The van der Waals surface area contributed by atoms with Crippen molar-refractivity contribution in [3.63, 3.8) is 0 Å². The Morgan fingerprint density at radius 3 is 2.83 bits per heavy atom. The highest BCUT2D eigenvalue weighted by Crippen LogP contribution is 2.21. The Morgan fingerprint density at radius 1 is 1.26 bits per heavy atom. The van der Waals surface area contributed by atoms with Crippen LogP contribution in [0.25, 0.3) is 11.0 Å². The summed E-state index contributed by atoms with van der Waals surface area (Å²) in [5, 5.41) is 12.9. The molecule has 2 N–H and O–H groups in total. The summed E-state index contributed by atoms with van der Waals surface area (Å²) >= 11 is 0. The number of rotatable bonds is 5. The fourth-order valence-corrected chi connectivity index (χ4v) is 2.79. The number of hydrogen-bond acceptors (Lipinski definition) is 3. The van der Waals surface area contributed by atoms with Gasteiger partial charge in [-0.1, -0.05) is 18.2 Å². The van der Waals surface area contributed by atoms with Crippen LogP contribution in [0.1, 0.15) is 24.4 Å². The van der Waals surface area contributed by atoms with E-state index in [0.717, 1.165) is 35.5 Å². The SMILES string of the molecule is Cc1nc2ccccc2n1CCNC(C)c1ccc(F)c(O)c1. The number of aromatic nitrogens is 2. The predicted molar refractivity (Wildman–Crippen MR) is 89.0 cm³/mol. The molecule has 5 heteroatoms. The maximum atomic E-state index is 13.1. The predicted octanol–water partition coefficient (Wildman–Crippen LogP) is 3.54. The monoisotopic (exact) mass is 313 g/mol. The molecule has 0 aliphatic carbocycles. The van der Waals surface area contributed by atoms with E-state index in [-0.39, 0.29) is 11.8 Å². The minimum absolute atomic E-state index is 0.0246. The van der Waals surface area contributed by atoms with Gasteiger partial charge in [0, 0.05) is 19.1 Å². The van der Waals surface area contributed by atoms with Crippen LogP contribution >= 0.6 is 0 Å². The summed E-state index contributed by atoms with van der Waals surface area (Å²) in [6.07, 6.45) is 0. The molecular weight excluding hydrogens is 293 g/mol. The molecule has 0 aliphatic rings. The first-order chi connectivity index (χ1) is 11.1. The summed E-state index contributed by atoms with van der Waals surface area (Å²) in [6, 6.07) is 12.5. The zero-order chi connectivity index (χ0) is 16.4. The van der Waals surface area contributed by atoms with Crippen LogP contribution in [0.4, 0.5) is 4.39 Å². The van der Waals surface area contributed by atoms with E-state index >= 15 is 0 Å². The van der Waals surface area contributed by atoms with E-state index < -0.39 is 5.82 Å². The number of phenols is 1. The fourth-order valence-electron chi connectivity index (χ4n) is 2.79. The normalized spacial score (nSPS) is 12.7. The van der Waals surface area contributed by atoms with E-state index in [1.54, 1.807) is 6.07 Å². The Morgan fingerprint density at radius 2 is 2.04 bits per heavy atom. The van der Waals surface area contributed by atoms with Crippen LogP contribution in [-0.2, 0) is 6.54 Å². The topological polar surface area (TPSA) is 50.1 Å². The first-order valence-corrected chi connectivity index (χ1v) is 7.70. The van der Waals surface area contributed by atoms with Gasteiger partial charge in [0.1, 0.15) is 5.82 Å². The molecule has 2 aromatic carbocycles. The quantitative estimate of drug-likeness (QED) is 0.757. The highest BCUT2D eigenvalue weighted by molar-refractivity contribution is 5.75. The van der Waals surface area contributed by atoms with E-state index in [4.69, 9.17) is 0 Å². The average molecular weight is 313 g/mol. The molecule has 120 valence electrons. The first kappa shape index (κ1) is 15.5. The largest absolute Gasteiger partial charge is 0.505 e. The lowest BCUT2D eigenvalue weighted by molar-refractivity contribution is 0.429. The molecular formula is C18H20FN3O. The minimum Gasteiger partial charge on any atom is -0.505 e. The van der Waals surface area contributed by atoms with Gasteiger partial charge in [-0.3, -0.25) is 0 Å². The van der Waals surface area contributed by atoms with Crippen molar-refractivity contribution in [1.82, 2.24) is 14.9 Å². The zero-order valence-corrected chi connectivity index (χ0v) is 13.3. The van der Waals surface area contributed by atoms with Crippen molar-refractivity contribution in [2.45, 2.75) is 26.4 Å². The second-order valence-corrected chi connectivity index (χ2v) is 5.69. The fraction of sp³-hybridized carbons (Fsp3) is 0.278. The molecule has 1 atom stereocenters. The third-order valence-electron chi connectivity index (χ3n) is 4.10. The highest BCUT2D eigenvalue weighted by Gasteiger charge is 2.10. The van der Waals surface area contributed by atoms with E-state index in [0.29, 0.717) is 0 Å². The number of nitrogens with one attached hydrogen (secondary N) is 1.